The van der Waals surface area contributed by atoms with E-state index >= 15 is 0 Å². The van der Waals surface area contributed by atoms with Gasteiger partial charge in [-0.15, -0.1) is 0 Å². The third-order valence-electron chi connectivity index (χ3n) is 2.68. The van der Waals surface area contributed by atoms with Crippen molar-refractivity contribution < 1.29 is 0 Å². The minimum atomic E-state index is 0.610. The number of nitrogens with one attached hydrogen (secondary N) is 2. The molecule has 3 aromatic heterocycles. The molecule has 0 fully saturated rings. The summed E-state index contributed by atoms with van der Waals surface area (Å²) in [5.41, 5.74) is 3.49. The van der Waals surface area contributed by atoms with E-state index in [1.165, 1.54) is 6.33 Å². The van der Waals surface area contributed by atoms with E-state index in [1.54, 1.807) is 6.20 Å². The number of fused-ring (bicyclic) bond motifs is 1. The summed E-state index contributed by atoms with van der Waals surface area (Å²) < 4.78 is 0. The number of rotatable bonds is 3. The summed E-state index contributed by atoms with van der Waals surface area (Å²) in [5, 5.41) is 10.3. The van der Waals surface area contributed by atoms with Gasteiger partial charge in [0, 0.05) is 6.20 Å². The minimum absolute atomic E-state index is 0.610. The summed E-state index contributed by atoms with van der Waals surface area (Å²) >= 11 is 0. The van der Waals surface area contributed by atoms with Gasteiger partial charge in [-0.2, -0.15) is 5.10 Å². The number of aryl methyl sites for hydroxylation is 1. The second-order valence-corrected chi connectivity index (χ2v) is 3.94. The number of nitrogens with zero attached hydrogens (tertiary/aromatic N) is 4. The quantitative estimate of drug-likeness (QED) is 0.728. The lowest BCUT2D eigenvalue weighted by atomic mass is 10.3. The van der Waals surface area contributed by atoms with Crippen LogP contribution in [-0.2, 0) is 6.54 Å². The van der Waals surface area contributed by atoms with Gasteiger partial charge in [0.2, 0.25) is 0 Å². The first-order valence-corrected chi connectivity index (χ1v) is 5.64. The van der Waals surface area contributed by atoms with Crippen molar-refractivity contribution in [2.75, 3.05) is 5.32 Å². The highest BCUT2D eigenvalue weighted by Gasteiger charge is 2.08. The van der Waals surface area contributed by atoms with Crippen LogP contribution in [0.4, 0.5) is 5.82 Å². The fraction of sp³-hybridized carbons (Fsp3) is 0.167. The van der Waals surface area contributed by atoms with Gasteiger partial charge in [0.05, 0.1) is 17.9 Å². The van der Waals surface area contributed by atoms with Crippen LogP contribution >= 0.6 is 0 Å². The number of pyridine rings is 1. The van der Waals surface area contributed by atoms with E-state index in [0.717, 1.165) is 28.2 Å². The molecule has 0 saturated carbocycles. The maximum absolute atomic E-state index is 4.24. The first-order chi connectivity index (χ1) is 8.84. The SMILES string of the molecule is Cc1[nH]nc2c(NCc3ccccn3)ncnc12. The Morgan fingerprint density at radius 3 is 2.94 bits per heavy atom. The molecule has 0 aliphatic heterocycles. The molecule has 0 amide bonds. The van der Waals surface area contributed by atoms with Crippen LogP contribution < -0.4 is 5.32 Å². The average molecular weight is 240 g/mol. The maximum atomic E-state index is 4.24. The fourth-order valence-electron chi connectivity index (χ4n) is 1.76. The Morgan fingerprint density at radius 1 is 1.17 bits per heavy atom. The van der Waals surface area contributed by atoms with Gasteiger partial charge in [0.1, 0.15) is 11.8 Å². The molecule has 0 spiro atoms. The Bertz CT molecular complexity index is 661. The van der Waals surface area contributed by atoms with E-state index in [2.05, 4.69) is 30.5 Å². The predicted molar refractivity (Wildman–Crippen MR) is 68.0 cm³/mol. The van der Waals surface area contributed by atoms with Gasteiger partial charge in [-0.05, 0) is 19.1 Å². The normalized spacial score (nSPS) is 10.7. The second kappa shape index (κ2) is 4.40. The van der Waals surface area contributed by atoms with E-state index < -0.39 is 0 Å². The number of anilines is 1. The zero-order chi connectivity index (χ0) is 12.4. The maximum Gasteiger partial charge on any atom is 0.158 e. The summed E-state index contributed by atoms with van der Waals surface area (Å²) in [7, 11) is 0. The number of hydrogen-bond donors (Lipinski definition) is 2. The molecule has 3 rings (SSSR count). The monoisotopic (exact) mass is 240 g/mol. The topological polar surface area (TPSA) is 79.4 Å². The fourth-order valence-corrected chi connectivity index (χ4v) is 1.76. The van der Waals surface area contributed by atoms with Crippen molar-refractivity contribution in [3.8, 4) is 0 Å². The van der Waals surface area contributed by atoms with Crippen LogP contribution in [0.25, 0.3) is 11.0 Å². The molecule has 0 aromatic carbocycles. The van der Waals surface area contributed by atoms with Gasteiger partial charge in [0.25, 0.3) is 0 Å². The molecule has 3 heterocycles. The molecule has 0 bridgehead atoms. The van der Waals surface area contributed by atoms with Gasteiger partial charge < -0.3 is 5.32 Å². The van der Waals surface area contributed by atoms with Crippen LogP contribution in [0.5, 0.6) is 0 Å². The third kappa shape index (κ3) is 1.88. The standard InChI is InChI=1S/C12H12N6/c1-8-10-11(18-17-8)12(16-7-15-10)14-6-9-4-2-3-5-13-9/h2-5,7H,6H2,1H3,(H,17,18)(H,14,15,16). The lowest BCUT2D eigenvalue weighted by Crippen LogP contribution is -2.03. The van der Waals surface area contributed by atoms with Crippen molar-refractivity contribution >= 4 is 16.9 Å². The lowest BCUT2D eigenvalue weighted by Gasteiger charge is -2.04. The van der Waals surface area contributed by atoms with Crippen molar-refractivity contribution in [2.24, 2.45) is 0 Å². The molecule has 3 aromatic rings. The van der Waals surface area contributed by atoms with Crippen molar-refractivity contribution in [2.45, 2.75) is 13.5 Å². The zero-order valence-electron chi connectivity index (χ0n) is 9.88. The average Bonchev–Trinajstić information content (AvgIpc) is 2.80. The molecule has 6 heteroatoms. The molecule has 0 aliphatic carbocycles. The number of aromatic amines is 1. The van der Waals surface area contributed by atoms with E-state index in [1.807, 2.05) is 25.1 Å². The number of aromatic nitrogens is 5. The third-order valence-corrected chi connectivity index (χ3v) is 2.68. The summed E-state index contributed by atoms with van der Waals surface area (Å²) in [4.78, 5) is 12.6. The van der Waals surface area contributed by atoms with Gasteiger partial charge in [-0.3, -0.25) is 10.1 Å². The van der Waals surface area contributed by atoms with Gasteiger partial charge >= 0.3 is 0 Å². The number of hydrogen-bond acceptors (Lipinski definition) is 5. The van der Waals surface area contributed by atoms with E-state index in [-0.39, 0.29) is 0 Å². The smallest absolute Gasteiger partial charge is 0.158 e. The van der Waals surface area contributed by atoms with Crippen LogP contribution in [0.3, 0.4) is 0 Å². The molecule has 0 saturated heterocycles. The van der Waals surface area contributed by atoms with Crippen molar-refractivity contribution in [3.63, 3.8) is 0 Å². The van der Waals surface area contributed by atoms with Crippen LogP contribution in [0.1, 0.15) is 11.4 Å². The Balaban J connectivity index is 1.87. The Morgan fingerprint density at radius 2 is 2.11 bits per heavy atom. The van der Waals surface area contributed by atoms with E-state index in [0.29, 0.717) is 6.54 Å². The number of H-pyrrole nitrogens is 1. The van der Waals surface area contributed by atoms with Crippen molar-refractivity contribution in [1.29, 1.82) is 0 Å². The Kier molecular flexibility index (Phi) is 2.60. The van der Waals surface area contributed by atoms with E-state index in [4.69, 9.17) is 0 Å². The summed E-state index contributed by atoms with van der Waals surface area (Å²) in [6.07, 6.45) is 3.30. The van der Waals surface area contributed by atoms with Crippen LogP contribution in [-0.4, -0.2) is 25.1 Å². The van der Waals surface area contributed by atoms with E-state index in [9.17, 15) is 0 Å². The predicted octanol–water partition coefficient (Wildman–Crippen LogP) is 1.67. The minimum Gasteiger partial charge on any atom is -0.362 e. The highest BCUT2D eigenvalue weighted by Crippen LogP contribution is 2.18. The van der Waals surface area contributed by atoms with Crippen molar-refractivity contribution in [1.82, 2.24) is 25.1 Å². The molecule has 2 N–H and O–H groups in total. The zero-order valence-corrected chi connectivity index (χ0v) is 9.88. The molecule has 18 heavy (non-hydrogen) atoms. The van der Waals surface area contributed by atoms with Crippen LogP contribution in [0, 0.1) is 6.92 Å². The van der Waals surface area contributed by atoms with Crippen LogP contribution in [0.2, 0.25) is 0 Å². The first kappa shape index (κ1) is 10.6. The highest BCUT2D eigenvalue weighted by molar-refractivity contribution is 5.86. The molecular formula is C12H12N6. The van der Waals surface area contributed by atoms with Gasteiger partial charge in [0.15, 0.2) is 11.3 Å². The molecule has 6 nitrogen and oxygen atoms in total. The highest BCUT2D eigenvalue weighted by atomic mass is 15.2. The summed E-state index contributed by atoms with van der Waals surface area (Å²) in [6.45, 7) is 2.55. The van der Waals surface area contributed by atoms with Gasteiger partial charge in [-0.1, -0.05) is 6.07 Å². The molecule has 0 unspecified atom stereocenters. The summed E-state index contributed by atoms with van der Waals surface area (Å²) in [6, 6.07) is 5.81. The first-order valence-electron chi connectivity index (χ1n) is 5.64. The summed E-state index contributed by atoms with van der Waals surface area (Å²) in [5.74, 6) is 0.718. The van der Waals surface area contributed by atoms with Gasteiger partial charge in [-0.25, -0.2) is 9.97 Å². The Labute approximate surface area is 104 Å². The molecule has 0 radical (unpaired) electrons. The van der Waals surface area contributed by atoms with Crippen LogP contribution in [0.15, 0.2) is 30.7 Å². The lowest BCUT2D eigenvalue weighted by molar-refractivity contribution is 1.02. The molecule has 0 atom stereocenters. The molecular weight excluding hydrogens is 228 g/mol. The largest absolute Gasteiger partial charge is 0.362 e. The second-order valence-electron chi connectivity index (χ2n) is 3.94. The molecule has 90 valence electrons. The Hall–Kier alpha value is -2.50. The van der Waals surface area contributed by atoms with Crippen molar-refractivity contribution in [3.05, 3.63) is 42.1 Å². The molecule has 0 aliphatic rings.